The van der Waals surface area contributed by atoms with Crippen molar-refractivity contribution in [3.8, 4) is 0 Å². The summed E-state index contributed by atoms with van der Waals surface area (Å²) in [6.45, 7) is 1.61. The van der Waals surface area contributed by atoms with Crippen molar-refractivity contribution in [2.75, 3.05) is 5.32 Å². The van der Waals surface area contributed by atoms with Gasteiger partial charge < -0.3 is 5.32 Å². The second-order valence-corrected chi connectivity index (χ2v) is 6.89. The molecule has 1 amide bonds. The molecule has 0 saturated heterocycles. The van der Waals surface area contributed by atoms with Crippen LogP contribution in [0.25, 0.3) is 0 Å². The van der Waals surface area contributed by atoms with Gasteiger partial charge in [-0.25, -0.2) is 0 Å². The van der Waals surface area contributed by atoms with Gasteiger partial charge in [-0.05, 0) is 48.9 Å². The summed E-state index contributed by atoms with van der Waals surface area (Å²) in [6.07, 6.45) is 0. The first-order valence-corrected chi connectivity index (χ1v) is 9.10. The number of rotatable bonds is 5. The molecule has 0 spiro atoms. The van der Waals surface area contributed by atoms with Gasteiger partial charge in [0, 0.05) is 22.0 Å². The summed E-state index contributed by atoms with van der Waals surface area (Å²) >= 11 is 7.20. The lowest BCUT2D eigenvalue weighted by atomic mass is 10.1. The molecular weight excluding hydrogens is 372 g/mol. The van der Waals surface area contributed by atoms with Crippen LogP contribution in [0.2, 0.25) is 5.02 Å². The van der Waals surface area contributed by atoms with Crippen LogP contribution >= 0.6 is 23.4 Å². The first-order valence-electron chi connectivity index (χ1n) is 7.73. The third kappa shape index (κ3) is 4.71. The largest absolute Gasteiger partial charge is 0.322 e. The average molecular weight is 387 g/mol. The van der Waals surface area contributed by atoms with E-state index >= 15 is 0 Å². The summed E-state index contributed by atoms with van der Waals surface area (Å²) in [7, 11) is 0. The number of aromatic amines is 1. The van der Waals surface area contributed by atoms with Crippen LogP contribution in [0.3, 0.4) is 0 Å². The lowest BCUT2D eigenvalue weighted by Crippen LogP contribution is -2.14. The molecule has 6 nitrogen and oxygen atoms in total. The highest BCUT2D eigenvalue weighted by molar-refractivity contribution is 7.98. The molecule has 0 saturated carbocycles. The third-order valence-corrected chi connectivity index (χ3v) is 4.72. The Morgan fingerprint density at radius 1 is 1.12 bits per heavy atom. The van der Waals surface area contributed by atoms with Gasteiger partial charge in [-0.1, -0.05) is 35.5 Å². The smallest absolute Gasteiger partial charge is 0.273 e. The summed E-state index contributed by atoms with van der Waals surface area (Å²) in [5.74, 6) is 0.410. The maximum absolute atomic E-state index is 12.3. The Bertz CT molecular complexity index is 972. The fourth-order valence-corrected chi connectivity index (χ4v) is 2.97. The van der Waals surface area contributed by atoms with Gasteiger partial charge in [-0.3, -0.25) is 14.6 Å². The van der Waals surface area contributed by atoms with Gasteiger partial charge >= 0.3 is 0 Å². The Morgan fingerprint density at radius 3 is 2.46 bits per heavy atom. The number of aromatic nitrogens is 3. The van der Waals surface area contributed by atoms with Gasteiger partial charge in [0.25, 0.3) is 11.5 Å². The number of aryl methyl sites for hydroxylation is 1. The van der Waals surface area contributed by atoms with Gasteiger partial charge in [0.05, 0.1) is 0 Å². The number of halogens is 1. The van der Waals surface area contributed by atoms with Gasteiger partial charge in [0.2, 0.25) is 0 Å². The van der Waals surface area contributed by atoms with Crippen molar-refractivity contribution in [3.05, 3.63) is 80.7 Å². The second-order valence-electron chi connectivity index (χ2n) is 5.49. The molecule has 0 atom stereocenters. The van der Waals surface area contributed by atoms with E-state index in [1.54, 1.807) is 43.3 Å². The average Bonchev–Trinajstić information content (AvgIpc) is 2.65. The summed E-state index contributed by atoms with van der Waals surface area (Å²) in [6, 6.07) is 14.2. The molecule has 0 aliphatic rings. The van der Waals surface area contributed by atoms with Crippen LogP contribution in [0.5, 0.6) is 0 Å². The Balaban J connectivity index is 1.60. The molecule has 3 aromatic rings. The number of nitrogens with zero attached hydrogens (tertiary/aromatic N) is 2. The summed E-state index contributed by atoms with van der Waals surface area (Å²) in [5.41, 5.74) is 2.33. The minimum atomic E-state index is -0.239. The standard InChI is InChI=1S/C18H15ClN4O2S/c1-11-16(24)21-18(23-22-11)26-10-12-2-4-13(5-3-12)17(25)20-15-8-6-14(19)7-9-15/h2-9H,10H2,1H3,(H,20,25)(H,21,23,24). The number of thioether (sulfide) groups is 1. The molecule has 2 aromatic carbocycles. The Kier molecular flexibility index (Phi) is 5.70. The number of benzene rings is 2. The zero-order valence-electron chi connectivity index (χ0n) is 13.8. The lowest BCUT2D eigenvalue weighted by Gasteiger charge is -2.06. The number of carbonyl (C=O) groups excluding carboxylic acids is 1. The van der Waals surface area contributed by atoms with E-state index in [2.05, 4.69) is 20.5 Å². The molecule has 26 heavy (non-hydrogen) atoms. The minimum absolute atomic E-state index is 0.194. The number of amides is 1. The van der Waals surface area contributed by atoms with Gasteiger partial charge in [0.1, 0.15) is 5.69 Å². The predicted octanol–water partition coefficient (Wildman–Crippen LogP) is 3.67. The summed E-state index contributed by atoms with van der Waals surface area (Å²) < 4.78 is 0. The van der Waals surface area contributed by atoms with Gasteiger partial charge in [-0.2, -0.15) is 0 Å². The SMILES string of the molecule is Cc1nnc(SCc2ccc(C(=O)Nc3ccc(Cl)cc3)cc2)[nH]c1=O. The van der Waals surface area contributed by atoms with Crippen LogP contribution < -0.4 is 10.9 Å². The number of hydrogen-bond acceptors (Lipinski definition) is 5. The van der Waals surface area contributed by atoms with Crippen LogP contribution in [0.4, 0.5) is 5.69 Å². The Hall–Kier alpha value is -2.64. The fourth-order valence-electron chi connectivity index (χ4n) is 2.08. The molecule has 1 aromatic heterocycles. The van der Waals surface area contributed by atoms with E-state index in [-0.39, 0.29) is 11.5 Å². The fraction of sp³-hybridized carbons (Fsp3) is 0.111. The van der Waals surface area contributed by atoms with Gasteiger partial charge in [0.15, 0.2) is 5.16 Å². The molecule has 0 aliphatic carbocycles. The number of H-pyrrole nitrogens is 1. The van der Waals surface area contributed by atoms with E-state index in [1.165, 1.54) is 11.8 Å². The normalized spacial score (nSPS) is 10.5. The van der Waals surface area contributed by atoms with Crippen molar-refractivity contribution in [1.29, 1.82) is 0 Å². The second kappa shape index (κ2) is 8.16. The molecule has 0 fully saturated rings. The molecule has 132 valence electrons. The maximum Gasteiger partial charge on any atom is 0.273 e. The quantitative estimate of drug-likeness (QED) is 0.653. The van der Waals surface area contributed by atoms with E-state index in [9.17, 15) is 9.59 Å². The van der Waals surface area contributed by atoms with Gasteiger partial charge in [-0.15, -0.1) is 10.2 Å². The molecular formula is C18H15ClN4O2S. The van der Waals surface area contributed by atoms with E-state index < -0.39 is 0 Å². The number of anilines is 1. The minimum Gasteiger partial charge on any atom is -0.322 e. The van der Waals surface area contributed by atoms with E-state index in [1.807, 2.05) is 12.1 Å². The van der Waals surface area contributed by atoms with Crippen LogP contribution in [-0.2, 0) is 5.75 Å². The first-order chi connectivity index (χ1) is 12.5. The molecule has 8 heteroatoms. The molecule has 0 radical (unpaired) electrons. The zero-order chi connectivity index (χ0) is 18.5. The van der Waals surface area contributed by atoms with E-state index in [0.29, 0.717) is 32.9 Å². The Morgan fingerprint density at radius 2 is 1.81 bits per heavy atom. The van der Waals surface area contributed by atoms with Crippen molar-refractivity contribution in [2.24, 2.45) is 0 Å². The van der Waals surface area contributed by atoms with E-state index in [4.69, 9.17) is 11.6 Å². The third-order valence-electron chi connectivity index (χ3n) is 3.53. The van der Waals surface area contributed by atoms with Crippen molar-refractivity contribution in [3.63, 3.8) is 0 Å². The highest BCUT2D eigenvalue weighted by Crippen LogP contribution is 2.19. The number of carbonyl (C=O) groups is 1. The topological polar surface area (TPSA) is 87.7 Å². The molecule has 2 N–H and O–H groups in total. The van der Waals surface area contributed by atoms with Crippen LogP contribution in [0, 0.1) is 6.92 Å². The maximum atomic E-state index is 12.3. The van der Waals surface area contributed by atoms with Crippen molar-refractivity contribution in [1.82, 2.24) is 15.2 Å². The molecule has 0 aliphatic heterocycles. The zero-order valence-corrected chi connectivity index (χ0v) is 15.4. The monoisotopic (exact) mass is 386 g/mol. The molecule has 0 bridgehead atoms. The Labute approximate surface area is 159 Å². The number of hydrogen-bond donors (Lipinski definition) is 2. The predicted molar refractivity (Wildman–Crippen MR) is 103 cm³/mol. The number of nitrogens with one attached hydrogen (secondary N) is 2. The summed E-state index contributed by atoms with van der Waals surface area (Å²) in [4.78, 5) is 26.4. The highest BCUT2D eigenvalue weighted by atomic mass is 35.5. The van der Waals surface area contributed by atoms with Crippen molar-refractivity contribution in [2.45, 2.75) is 17.8 Å². The molecule has 1 heterocycles. The van der Waals surface area contributed by atoms with E-state index in [0.717, 1.165) is 5.56 Å². The molecule has 0 unspecified atom stereocenters. The van der Waals surface area contributed by atoms with Crippen LogP contribution in [0.15, 0.2) is 58.5 Å². The lowest BCUT2D eigenvalue weighted by molar-refractivity contribution is 0.102. The highest BCUT2D eigenvalue weighted by Gasteiger charge is 2.07. The summed E-state index contributed by atoms with van der Waals surface area (Å²) in [5, 5.41) is 11.6. The van der Waals surface area contributed by atoms with Crippen molar-refractivity contribution >= 4 is 35.0 Å². The van der Waals surface area contributed by atoms with Crippen LogP contribution in [-0.4, -0.2) is 21.1 Å². The first kappa shape index (κ1) is 18.2. The molecule has 3 rings (SSSR count). The van der Waals surface area contributed by atoms with Crippen LogP contribution in [0.1, 0.15) is 21.6 Å². The van der Waals surface area contributed by atoms with Crippen molar-refractivity contribution < 1.29 is 4.79 Å².